The minimum atomic E-state index is -0.271. The first-order valence-corrected chi connectivity index (χ1v) is 8.12. The van der Waals surface area contributed by atoms with E-state index in [1.54, 1.807) is 18.3 Å². The fraction of sp³-hybridized carbons (Fsp3) is 0.471. The Bertz CT molecular complexity index is 696. The Hall–Kier alpha value is -2.21. The number of pyridine rings is 1. The fourth-order valence-corrected chi connectivity index (χ4v) is 3.38. The lowest BCUT2D eigenvalue weighted by molar-refractivity contribution is -0.382. The van der Waals surface area contributed by atoms with Gasteiger partial charge in [-0.25, -0.2) is 0 Å². The van der Waals surface area contributed by atoms with Crippen LogP contribution in [0.4, 0.5) is 11.4 Å². The van der Waals surface area contributed by atoms with Gasteiger partial charge in [0, 0.05) is 19.3 Å². The van der Waals surface area contributed by atoms with E-state index in [1.807, 2.05) is 19.2 Å². The molecule has 0 saturated carbocycles. The molecule has 0 bridgehead atoms. The molecule has 3 rings (SSSR count). The summed E-state index contributed by atoms with van der Waals surface area (Å²) in [6.45, 7) is 2.79. The maximum atomic E-state index is 11.6. The van der Waals surface area contributed by atoms with Crippen LogP contribution in [0.15, 0.2) is 30.5 Å². The monoisotopic (exact) mass is 314 g/mol. The smallest absolute Gasteiger partial charge is 0.301 e. The predicted octanol–water partition coefficient (Wildman–Crippen LogP) is 2.97. The molecule has 23 heavy (non-hydrogen) atoms. The summed E-state index contributed by atoms with van der Waals surface area (Å²) in [4.78, 5) is 17.7. The van der Waals surface area contributed by atoms with Crippen LogP contribution in [-0.2, 0) is 0 Å². The van der Waals surface area contributed by atoms with Crippen LogP contribution in [0.5, 0.6) is 0 Å². The Labute approximate surface area is 135 Å². The third kappa shape index (κ3) is 3.27. The molecule has 0 amide bonds. The summed E-state index contributed by atoms with van der Waals surface area (Å²) >= 11 is 0. The first-order chi connectivity index (χ1) is 11.2. The Kier molecular flexibility index (Phi) is 4.71. The van der Waals surface area contributed by atoms with Crippen LogP contribution in [0.25, 0.3) is 10.9 Å². The van der Waals surface area contributed by atoms with E-state index in [-0.39, 0.29) is 10.6 Å². The molecule has 1 aliphatic rings. The lowest BCUT2D eigenvalue weighted by Crippen LogP contribution is -2.34. The van der Waals surface area contributed by atoms with Gasteiger partial charge in [-0.1, -0.05) is 0 Å². The first-order valence-electron chi connectivity index (χ1n) is 8.12. The van der Waals surface area contributed by atoms with Gasteiger partial charge in [-0.3, -0.25) is 15.1 Å². The van der Waals surface area contributed by atoms with Gasteiger partial charge in [0.05, 0.1) is 15.8 Å². The Morgan fingerprint density at radius 2 is 2.13 bits per heavy atom. The first kappa shape index (κ1) is 15.7. The molecular weight excluding hydrogens is 292 g/mol. The summed E-state index contributed by atoms with van der Waals surface area (Å²) in [5.41, 5.74) is 1.58. The number of rotatable bonds is 5. The number of piperidine rings is 1. The Morgan fingerprint density at radius 3 is 2.83 bits per heavy atom. The van der Waals surface area contributed by atoms with Crippen LogP contribution in [0, 0.1) is 16.0 Å². The number of benzene rings is 1. The van der Waals surface area contributed by atoms with Gasteiger partial charge in [-0.15, -0.1) is 0 Å². The minimum absolute atomic E-state index is 0.185. The van der Waals surface area contributed by atoms with E-state index >= 15 is 0 Å². The van der Waals surface area contributed by atoms with Crippen molar-refractivity contribution < 1.29 is 4.92 Å². The Balaban J connectivity index is 1.86. The third-order valence-electron chi connectivity index (χ3n) is 4.68. The van der Waals surface area contributed by atoms with E-state index < -0.39 is 0 Å². The Morgan fingerprint density at radius 1 is 1.35 bits per heavy atom. The van der Waals surface area contributed by atoms with Crippen molar-refractivity contribution in [3.05, 3.63) is 40.6 Å². The molecule has 6 nitrogen and oxygen atoms in total. The molecule has 0 aliphatic carbocycles. The van der Waals surface area contributed by atoms with E-state index in [1.165, 1.54) is 6.42 Å². The number of aromatic nitrogens is 1. The highest BCUT2D eigenvalue weighted by Gasteiger charge is 2.26. The lowest BCUT2D eigenvalue weighted by atomic mass is 9.93. The van der Waals surface area contributed by atoms with Crippen LogP contribution in [0.2, 0.25) is 0 Å². The van der Waals surface area contributed by atoms with Crippen molar-refractivity contribution in [3.63, 3.8) is 0 Å². The molecule has 1 aromatic carbocycles. The highest BCUT2D eigenvalue weighted by Crippen LogP contribution is 2.37. The number of nitro benzene ring substituents is 1. The molecule has 2 aromatic rings. The van der Waals surface area contributed by atoms with Gasteiger partial charge in [-0.05, 0) is 63.0 Å². The minimum Gasteiger partial charge on any atom is -0.366 e. The van der Waals surface area contributed by atoms with Crippen molar-refractivity contribution in [2.24, 2.45) is 5.92 Å². The summed E-state index contributed by atoms with van der Waals surface area (Å²) in [5, 5.41) is 15.4. The normalized spacial score (nSPS) is 16.0. The van der Waals surface area contributed by atoms with Gasteiger partial charge in [0.1, 0.15) is 5.69 Å². The summed E-state index contributed by atoms with van der Waals surface area (Å²) in [5.74, 6) is 0.708. The number of hydrogen-bond acceptors (Lipinski definition) is 5. The molecule has 0 radical (unpaired) electrons. The van der Waals surface area contributed by atoms with Crippen LogP contribution < -0.4 is 10.2 Å². The second-order valence-corrected chi connectivity index (χ2v) is 6.08. The molecule has 1 fully saturated rings. The number of nitro groups is 1. The van der Waals surface area contributed by atoms with E-state index in [0.29, 0.717) is 16.8 Å². The maximum Gasteiger partial charge on any atom is 0.301 e. The van der Waals surface area contributed by atoms with Gasteiger partial charge < -0.3 is 10.2 Å². The van der Waals surface area contributed by atoms with Crippen LogP contribution in [0.3, 0.4) is 0 Å². The summed E-state index contributed by atoms with van der Waals surface area (Å²) < 4.78 is 0. The number of anilines is 1. The molecule has 0 unspecified atom stereocenters. The second kappa shape index (κ2) is 6.91. The molecule has 1 N–H and O–H groups in total. The van der Waals surface area contributed by atoms with Crippen LogP contribution in [0.1, 0.15) is 19.3 Å². The van der Waals surface area contributed by atoms with E-state index in [9.17, 15) is 10.1 Å². The zero-order chi connectivity index (χ0) is 16.2. The molecule has 1 aromatic heterocycles. The molecule has 1 aliphatic heterocycles. The van der Waals surface area contributed by atoms with Gasteiger partial charge in [0.2, 0.25) is 0 Å². The number of nitrogens with zero attached hydrogens (tertiary/aromatic N) is 3. The average molecular weight is 314 g/mol. The van der Waals surface area contributed by atoms with Crippen molar-refractivity contribution in [2.45, 2.75) is 19.3 Å². The van der Waals surface area contributed by atoms with E-state index in [2.05, 4.69) is 15.2 Å². The molecule has 0 atom stereocenters. The van der Waals surface area contributed by atoms with Crippen LogP contribution in [-0.4, -0.2) is 36.6 Å². The highest BCUT2D eigenvalue weighted by atomic mass is 16.6. The van der Waals surface area contributed by atoms with Gasteiger partial charge in [-0.2, -0.15) is 0 Å². The predicted molar refractivity (Wildman–Crippen MR) is 91.9 cm³/mol. The fourth-order valence-electron chi connectivity index (χ4n) is 3.38. The molecule has 122 valence electrons. The van der Waals surface area contributed by atoms with Gasteiger partial charge in [0.15, 0.2) is 0 Å². The van der Waals surface area contributed by atoms with Crippen LogP contribution >= 0.6 is 0 Å². The summed E-state index contributed by atoms with van der Waals surface area (Å²) in [7, 11) is 1.97. The van der Waals surface area contributed by atoms with Crippen molar-refractivity contribution in [2.75, 3.05) is 31.6 Å². The molecule has 0 spiro atoms. The van der Waals surface area contributed by atoms with Crippen molar-refractivity contribution in [3.8, 4) is 0 Å². The number of nitrogens with one attached hydrogen (secondary N) is 1. The number of hydrogen-bond donors (Lipinski definition) is 1. The van der Waals surface area contributed by atoms with Crippen molar-refractivity contribution in [1.29, 1.82) is 0 Å². The topological polar surface area (TPSA) is 71.3 Å². The highest BCUT2D eigenvalue weighted by molar-refractivity contribution is 5.94. The van der Waals surface area contributed by atoms with Crippen molar-refractivity contribution in [1.82, 2.24) is 10.3 Å². The van der Waals surface area contributed by atoms with Gasteiger partial charge >= 0.3 is 5.69 Å². The molecular formula is C17H22N4O2. The largest absolute Gasteiger partial charge is 0.366 e. The zero-order valence-corrected chi connectivity index (χ0v) is 13.4. The average Bonchev–Trinajstić information content (AvgIpc) is 2.59. The van der Waals surface area contributed by atoms with E-state index in [0.717, 1.165) is 38.2 Å². The third-order valence-corrected chi connectivity index (χ3v) is 4.68. The number of fused-ring (bicyclic) bond motifs is 1. The summed E-state index contributed by atoms with van der Waals surface area (Å²) in [6.07, 6.45) is 5.01. The standard InChI is InChI=1S/C17H22N4O2/c1-18-10-6-13-7-11-20(12-8-13)16-5-4-15-14(3-2-9-19-15)17(16)21(22)23/h2-5,9,13,18H,6-8,10-12H2,1H3. The zero-order valence-electron chi connectivity index (χ0n) is 13.4. The molecule has 6 heteroatoms. The SMILES string of the molecule is CNCCC1CCN(c2ccc3ncccc3c2[N+](=O)[O-])CC1. The van der Waals surface area contributed by atoms with Crippen molar-refractivity contribution >= 4 is 22.3 Å². The molecule has 2 heterocycles. The lowest BCUT2D eigenvalue weighted by Gasteiger charge is -2.33. The maximum absolute atomic E-state index is 11.6. The second-order valence-electron chi connectivity index (χ2n) is 6.08. The van der Waals surface area contributed by atoms with Gasteiger partial charge in [0.25, 0.3) is 0 Å². The summed E-state index contributed by atoms with van der Waals surface area (Å²) in [6, 6.07) is 7.26. The van der Waals surface area contributed by atoms with E-state index in [4.69, 9.17) is 0 Å². The molecule has 1 saturated heterocycles. The quantitative estimate of drug-likeness (QED) is 0.678.